The fourth-order valence-corrected chi connectivity index (χ4v) is 6.99. The summed E-state index contributed by atoms with van der Waals surface area (Å²) in [6.45, 7) is 0. The predicted octanol–water partition coefficient (Wildman–Crippen LogP) is 5.23. The average Bonchev–Trinajstić information content (AvgIpc) is 2.94. The molecular formula is C22H25NO. The van der Waals surface area contributed by atoms with Gasteiger partial charge in [0.1, 0.15) is 0 Å². The number of hydrogen-bond acceptors (Lipinski definition) is 1. The third-order valence-corrected chi connectivity index (χ3v) is 7.65. The third-order valence-electron chi connectivity index (χ3n) is 7.65. The maximum atomic E-state index is 12.2. The van der Waals surface area contributed by atoms with Crippen molar-refractivity contribution in [2.24, 2.45) is 23.7 Å². The van der Waals surface area contributed by atoms with E-state index in [0.29, 0.717) is 12.2 Å². The molecule has 0 unspecified atom stereocenters. The lowest BCUT2D eigenvalue weighted by atomic mass is 9.51. The van der Waals surface area contributed by atoms with Gasteiger partial charge in [0.2, 0.25) is 0 Å². The van der Waals surface area contributed by atoms with E-state index in [-0.39, 0.29) is 0 Å². The van der Waals surface area contributed by atoms with Crippen LogP contribution in [0.2, 0.25) is 0 Å². The molecular weight excluding hydrogens is 294 g/mol. The number of carbonyl (C=O) groups is 1. The molecule has 0 atom stereocenters. The monoisotopic (exact) mass is 319 g/mol. The number of Topliss-reactive ketones (excluding diaryl/α,β-unsaturated/α-hetero) is 1. The summed E-state index contributed by atoms with van der Waals surface area (Å²) in [7, 11) is 0. The van der Waals surface area contributed by atoms with Crippen LogP contribution in [0.1, 0.15) is 72.5 Å². The number of fused-ring (bicyclic) bond motifs is 3. The molecule has 0 aliphatic heterocycles. The summed E-state index contributed by atoms with van der Waals surface area (Å²) in [6.07, 6.45) is 10.2. The maximum Gasteiger partial charge on any atom is 0.179 e. The van der Waals surface area contributed by atoms with Crippen LogP contribution in [0.3, 0.4) is 0 Å². The van der Waals surface area contributed by atoms with E-state index in [9.17, 15) is 4.79 Å². The number of carbonyl (C=O) groups excluding carboxylic acids is 1. The number of benzene rings is 1. The highest BCUT2D eigenvalue weighted by atomic mass is 16.1. The molecule has 1 N–H and O–H groups in total. The molecule has 1 aromatic carbocycles. The second-order valence-electron chi connectivity index (χ2n) is 9.02. The first-order valence-electron chi connectivity index (χ1n) is 9.94. The number of H-pyrrole nitrogens is 1. The molecule has 5 aliphatic rings. The second-order valence-corrected chi connectivity index (χ2v) is 9.02. The minimum absolute atomic E-state index is 0.309. The Morgan fingerprint density at radius 1 is 0.917 bits per heavy atom. The molecule has 4 bridgehead atoms. The van der Waals surface area contributed by atoms with Crippen LogP contribution < -0.4 is 0 Å². The first-order chi connectivity index (χ1) is 11.8. The smallest absolute Gasteiger partial charge is 0.179 e. The lowest BCUT2D eigenvalue weighted by Gasteiger charge is -2.54. The zero-order chi connectivity index (χ0) is 15.8. The van der Waals surface area contributed by atoms with Crippen molar-refractivity contribution >= 4 is 16.7 Å². The highest BCUT2D eigenvalue weighted by molar-refractivity contribution is 6.03. The quantitative estimate of drug-likeness (QED) is 0.767. The van der Waals surface area contributed by atoms with Gasteiger partial charge in [0.15, 0.2) is 5.78 Å². The molecule has 5 aliphatic carbocycles. The Bertz CT molecular complexity index is 817. The van der Waals surface area contributed by atoms with Crippen molar-refractivity contribution in [3.05, 3.63) is 35.0 Å². The topological polar surface area (TPSA) is 32.9 Å². The molecule has 4 saturated carbocycles. The van der Waals surface area contributed by atoms with E-state index in [1.54, 1.807) is 5.56 Å². The molecule has 0 amide bonds. The number of hydrogen-bond donors (Lipinski definition) is 1. The summed E-state index contributed by atoms with van der Waals surface area (Å²) in [4.78, 5) is 15.6. The van der Waals surface area contributed by atoms with Gasteiger partial charge in [-0.1, -0.05) is 6.07 Å². The highest BCUT2D eigenvalue weighted by Crippen LogP contribution is 2.59. The van der Waals surface area contributed by atoms with Gasteiger partial charge in [-0.2, -0.15) is 0 Å². The molecule has 0 saturated heterocycles. The molecule has 1 heterocycles. The van der Waals surface area contributed by atoms with Crippen molar-refractivity contribution < 1.29 is 4.79 Å². The summed E-state index contributed by atoms with van der Waals surface area (Å²) in [5.74, 6) is 5.01. The molecule has 7 rings (SSSR count). The Kier molecular flexibility index (Phi) is 2.71. The van der Waals surface area contributed by atoms with Crippen LogP contribution in [-0.2, 0) is 6.42 Å². The van der Waals surface area contributed by atoms with Gasteiger partial charge in [0.05, 0.1) is 5.69 Å². The fourth-order valence-electron chi connectivity index (χ4n) is 6.99. The summed E-state index contributed by atoms with van der Waals surface area (Å²) in [6, 6.07) is 7.07. The Morgan fingerprint density at radius 2 is 1.67 bits per heavy atom. The zero-order valence-electron chi connectivity index (χ0n) is 14.2. The standard InChI is InChI=1S/C22H25NO/c24-20-3-1-2-17-18-11-14(4-5-19(18)23-22(17)20)21-15-7-12-6-13(9-15)10-16(21)8-12/h4-5,11-13,15-16,21,23H,1-3,6-10H2. The van der Waals surface area contributed by atoms with Gasteiger partial charge in [-0.3, -0.25) is 4.79 Å². The maximum absolute atomic E-state index is 12.2. The van der Waals surface area contributed by atoms with E-state index in [4.69, 9.17) is 0 Å². The Hall–Kier alpha value is -1.57. The lowest BCUT2D eigenvalue weighted by molar-refractivity contribution is -0.00273. The van der Waals surface area contributed by atoms with Crippen molar-refractivity contribution in [3.63, 3.8) is 0 Å². The van der Waals surface area contributed by atoms with Crippen molar-refractivity contribution in [1.82, 2.24) is 4.98 Å². The predicted molar refractivity (Wildman–Crippen MR) is 95.4 cm³/mol. The van der Waals surface area contributed by atoms with E-state index < -0.39 is 0 Å². The van der Waals surface area contributed by atoms with Gasteiger partial charge in [0.25, 0.3) is 0 Å². The molecule has 1 aromatic heterocycles. The van der Waals surface area contributed by atoms with Crippen molar-refractivity contribution in [3.8, 4) is 0 Å². The summed E-state index contributed by atoms with van der Waals surface area (Å²) in [5, 5.41) is 1.34. The lowest BCUT2D eigenvalue weighted by Crippen LogP contribution is -2.43. The minimum Gasteiger partial charge on any atom is -0.352 e. The van der Waals surface area contributed by atoms with Gasteiger partial charge in [-0.15, -0.1) is 0 Å². The van der Waals surface area contributed by atoms with Crippen LogP contribution in [0.25, 0.3) is 10.9 Å². The van der Waals surface area contributed by atoms with E-state index in [0.717, 1.165) is 48.1 Å². The van der Waals surface area contributed by atoms with Gasteiger partial charge >= 0.3 is 0 Å². The van der Waals surface area contributed by atoms with Gasteiger partial charge in [0, 0.05) is 17.3 Å². The number of nitrogens with one attached hydrogen (secondary N) is 1. The first-order valence-corrected chi connectivity index (χ1v) is 9.94. The first kappa shape index (κ1) is 13.7. The number of aryl methyl sites for hydroxylation is 1. The van der Waals surface area contributed by atoms with E-state index in [1.807, 2.05) is 0 Å². The second kappa shape index (κ2) is 4.74. The van der Waals surface area contributed by atoms with Crippen molar-refractivity contribution in [2.45, 2.75) is 57.3 Å². The molecule has 0 spiro atoms. The third kappa shape index (κ3) is 1.80. The van der Waals surface area contributed by atoms with Crippen LogP contribution in [0.4, 0.5) is 0 Å². The number of ketones is 1. The molecule has 2 aromatic rings. The number of aromatic amines is 1. The Balaban J connectivity index is 1.45. The van der Waals surface area contributed by atoms with Crippen LogP contribution in [-0.4, -0.2) is 10.8 Å². The molecule has 124 valence electrons. The summed E-state index contributed by atoms with van der Waals surface area (Å²) < 4.78 is 0. The molecule has 2 heteroatoms. The van der Waals surface area contributed by atoms with E-state index >= 15 is 0 Å². The highest BCUT2D eigenvalue weighted by Gasteiger charge is 2.48. The van der Waals surface area contributed by atoms with Crippen LogP contribution >= 0.6 is 0 Å². The Labute approximate surface area is 143 Å². The van der Waals surface area contributed by atoms with Crippen molar-refractivity contribution in [1.29, 1.82) is 0 Å². The van der Waals surface area contributed by atoms with Gasteiger partial charge in [-0.05, 0) is 97.8 Å². The van der Waals surface area contributed by atoms with Crippen molar-refractivity contribution in [2.75, 3.05) is 0 Å². The molecule has 0 radical (unpaired) electrons. The molecule has 24 heavy (non-hydrogen) atoms. The Morgan fingerprint density at radius 3 is 2.42 bits per heavy atom. The summed E-state index contributed by atoms with van der Waals surface area (Å²) in [5.41, 5.74) is 4.93. The van der Waals surface area contributed by atoms with Gasteiger partial charge in [-0.25, -0.2) is 0 Å². The van der Waals surface area contributed by atoms with Crippen LogP contribution in [0, 0.1) is 23.7 Å². The summed E-state index contributed by atoms with van der Waals surface area (Å²) >= 11 is 0. The molecule has 2 nitrogen and oxygen atoms in total. The minimum atomic E-state index is 0.309. The van der Waals surface area contributed by atoms with E-state index in [2.05, 4.69) is 23.2 Å². The fraction of sp³-hybridized carbons (Fsp3) is 0.591. The number of aromatic nitrogens is 1. The van der Waals surface area contributed by atoms with Gasteiger partial charge < -0.3 is 4.98 Å². The van der Waals surface area contributed by atoms with E-state index in [1.165, 1.54) is 48.6 Å². The van der Waals surface area contributed by atoms with Crippen LogP contribution in [0.15, 0.2) is 18.2 Å². The van der Waals surface area contributed by atoms with Crippen LogP contribution in [0.5, 0.6) is 0 Å². The largest absolute Gasteiger partial charge is 0.352 e. The molecule has 4 fully saturated rings. The average molecular weight is 319 g/mol. The SMILES string of the molecule is O=C1CCCc2c1[nH]c1ccc(C3C4CC5CC(C4)CC3C5)cc21. The zero-order valence-corrected chi connectivity index (χ0v) is 14.2. The normalized spacial score (nSPS) is 37.2. The number of rotatable bonds is 1.